The lowest BCUT2D eigenvalue weighted by Crippen LogP contribution is -2.02. The van der Waals surface area contributed by atoms with Crippen LogP contribution in [-0.4, -0.2) is 5.78 Å². The topological polar surface area (TPSA) is 17.1 Å². The van der Waals surface area contributed by atoms with E-state index in [-0.39, 0.29) is 16.7 Å². The molecule has 0 atom stereocenters. The second-order valence-electron chi connectivity index (χ2n) is 3.30. The molecule has 0 bridgehead atoms. The van der Waals surface area contributed by atoms with E-state index >= 15 is 0 Å². The fourth-order valence-electron chi connectivity index (χ4n) is 1.17. The Labute approximate surface area is 97.1 Å². The molecule has 0 saturated carbocycles. The highest BCUT2D eigenvalue weighted by molar-refractivity contribution is 9.10. The molecule has 1 rings (SSSR count). The van der Waals surface area contributed by atoms with Crippen molar-refractivity contribution in [2.75, 3.05) is 0 Å². The fourth-order valence-corrected chi connectivity index (χ4v) is 1.65. The van der Waals surface area contributed by atoms with E-state index in [2.05, 4.69) is 22.5 Å². The fraction of sp³-hybridized carbons (Fsp3) is 0.250. The maximum Gasteiger partial charge on any atom is 0.168 e. The number of carbonyl (C=O) groups excluding carboxylic acids is 1. The molecule has 0 spiro atoms. The highest BCUT2D eigenvalue weighted by Crippen LogP contribution is 2.22. The predicted molar refractivity (Wildman–Crippen MR) is 62.5 cm³/mol. The third-order valence-corrected chi connectivity index (χ3v) is 2.97. The van der Waals surface area contributed by atoms with Gasteiger partial charge in [-0.25, -0.2) is 4.39 Å². The molecule has 0 aliphatic rings. The number of allylic oxidation sites excluding steroid dienone is 1. The van der Waals surface area contributed by atoms with Gasteiger partial charge in [-0.3, -0.25) is 4.79 Å². The quantitative estimate of drug-likeness (QED) is 0.594. The number of carbonyl (C=O) groups is 1. The summed E-state index contributed by atoms with van der Waals surface area (Å²) in [4.78, 5) is 11.7. The van der Waals surface area contributed by atoms with Crippen LogP contribution in [0.25, 0.3) is 0 Å². The molecule has 15 heavy (non-hydrogen) atoms. The van der Waals surface area contributed by atoms with Crippen molar-refractivity contribution in [3.63, 3.8) is 0 Å². The molecule has 0 heterocycles. The van der Waals surface area contributed by atoms with Crippen molar-refractivity contribution in [3.8, 4) is 0 Å². The van der Waals surface area contributed by atoms with Crippen molar-refractivity contribution in [2.24, 2.45) is 0 Å². The Kier molecular flexibility index (Phi) is 4.21. The van der Waals surface area contributed by atoms with Crippen LogP contribution >= 0.6 is 15.9 Å². The minimum atomic E-state index is -0.414. The highest BCUT2D eigenvalue weighted by Gasteiger charge is 2.13. The largest absolute Gasteiger partial charge is 0.294 e. The van der Waals surface area contributed by atoms with Gasteiger partial charge in [-0.2, -0.15) is 0 Å². The van der Waals surface area contributed by atoms with Crippen LogP contribution in [0.15, 0.2) is 34.8 Å². The lowest BCUT2D eigenvalue weighted by Gasteiger charge is -2.05. The van der Waals surface area contributed by atoms with E-state index in [0.29, 0.717) is 5.56 Å². The monoisotopic (exact) mass is 270 g/mol. The van der Waals surface area contributed by atoms with Crippen molar-refractivity contribution in [3.05, 3.63) is 46.2 Å². The SMILES string of the molecule is C=C(CC)CC(=O)c1cccc(F)c1Br. The summed E-state index contributed by atoms with van der Waals surface area (Å²) in [7, 11) is 0. The summed E-state index contributed by atoms with van der Waals surface area (Å²) in [6.45, 7) is 5.70. The molecular weight excluding hydrogens is 259 g/mol. The number of ketones is 1. The Morgan fingerprint density at radius 2 is 2.20 bits per heavy atom. The minimum absolute atomic E-state index is 0.103. The number of halogens is 2. The standard InChI is InChI=1S/C12H12BrFO/c1-3-8(2)7-11(15)9-5-4-6-10(14)12(9)13/h4-6H,2-3,7H2,1H3. The van der Waals surface area contributed by atoms with Crippen LogP contribution in [0, 0.1) is 5.82 Å². The molecule has 3 heteroatoms. The van der Waals surface area contributed by atoms with E-state index in [1.807, 2.05) is 6.92 Å². The maximum absolute atomic E-state index is 13.1. The molecule has 0 unspecified atom stereocenters. The molecule has 0 fully saturated rings. The van der Waals surface area contributed by atoms with Gasteiger partial charge < -0.3 is 0 Å². The average Bonchev–Trinajstić information content (AvgIpc) is 2.21. The normalized spacial score (nSPS) is 10.1. The molecule has 0 saturated heterocycles. The molecule has 0 N–H and O–H groups in total. The Balaban J connectivity index is 2.92. The van der Waals surface area contributed by atoms with E-state index < -0.39 is 5.82 Å². The minimum Gasteiger partial charge on any atom is -0.294 e. The van der Waals surface area contributed by atoms with Crippen LogP contribution in [0.5, 0.6) is 0 Å². The van der Waals surface area contributed by atoms with Gasteiger partial charge in [0.15, 0.2) is 5.78 Å². The summed E-state index contributed by atoms with van der Waals surface area (Å²) >= 11 is 3.07. The molecule has 80 valence electrons. The number of hydrogen-bond donors (Lipinski definition) is 0. The van der Waals surface area contributed by atoms with Gasteiger partial charge in [-0.15, -0.1) is 0 Å². The molecule has 0 aromatic heterocycles. The van der Waals surface area contributed by atoms with Gasteiger partial charge in [0.05, 0.1) is 4.47 Å². The summed E-state index contributed by atoms with van der Waals surface area (Å²) in [6.07, 6.45) is 1.04. The van der Waals surface area contributed by atoms with Crippen LogP contribution in [-0.2, 0) is 0 Å². The van der Waals surface area contributed by atoms with Gasteiger partial charge >= 0.3 is 0 Å². The second kappa shape index (κ2) is 5.21. The molecule has 1 nitrogen and oxygen atoms in total. The number of benzene rings is 1. The van der Waals surface area contributed by atoms with E-state index in [1.54, 1.807) is 6.07 Å². The molecule has 0 aliphatic carbocycles. The van der Waals surface area contributed by atoms with Gasteiger partial charge in [0.2, 0.25) is 0 Å². The highest BCUT2D eigenvalue weighted by atomic mass is 79.9. The van der Waals surface area contributed by atoms with Crippen molar-refractivity contribution in [1.82, 2.24) is 0 Å². The maximum atomic E-state index is 13.1. The summed E-state index contributed by atoms with van der Waals surface area (Å²) in [6, 6.07) is 4.45. The van der Waals surface area contributed by atoms with Crippen LogP contribution in [0.4, 0.5) is 4.39 Å². The zero-order chi connectivity index (χ0) is 11.4. The van der Waals surface area contributed by atoms with Crippen molar-refractivity contribution < 1.29 is 9.18 Å². The number of rotatable bonds is 4. The zero-order valence-electron chi connectivity index (χ0n) is 8.52. The van der Waals surface area contributed by atoms with Crippen LogP contribution < -0.4 is 0 Å². The first kappa shape index (κ1) is 12.1. The first-order chi connectivity index (χ1) is 7.06. The van der Waals surface area contributed by atoms with Crippen LogP contribution in [0.2, 0.25) is 0 Å². The Morgan fingerprint density at radius 3 is 2.80 bits per heavy atom. The van der Waals surface area contributed by atoms with Gasteiger partial charge in [0.1, 0.15) is 5.82 Å². The number of hydrogen-bond acceptors (Lipinski definition) is 1. The second-order valence-corrected chi connectivity index (χ2v) is 4.10. The van der Waals surface area contributed by atoms with Gasteiger partial charge in [-0.05, 0) is 28.4 Å². The van der Waals surface area contributed by atoms with E-state index in [4.69, 9.17) is 0 Å². The predicted octanol–water partition coefficient (Wildman–Crippen LogP) is 4.13. The lowest BCUT2D eigenvalue weighted by atomic mass is 10.0. The lowest BCUT2D eigenvalue weighted by molar-refractivity contribution is 0.0991. The first-order valence-electron chi connectivity index (χ1n) is 4.70. The van der Waals surface area contributed by atoms with Crippen molar-refractivity contribution >= 4 is 21.7 Å². The van der Waals surface area contributed by atoms with Crippen molar-refractivity contribution in [2.45, 2.75) is 19.8 Å². The first-order valence-corrected chi connectivity index (χ1v) is 5.49. The third kappa shape index (κ3) is 2.99. The Hall–Kier alpha value is -0.960. The van der Waals surface area contributed by atoms with Crippen molar-refractivity contribution in [1.29, 1.82) is 0 Å². The average molecular weight is 271 g/mol. The Bertz CT molecular complexity index is 399. The molecular formula is C12H12BrFO. The molecule has 1 aromatic rings. The van der Waals surface area contributed by atoms with Crippen LogP contribution in [0.1, 0.15) is 30.1 Å². The smallest absolute Gasteiger partial charge is 0.168 e. The zero-order valence-corrected chi connectivity index (χ0v) is 10.1. The number of Topliss-reactive ketones (excluding diaryl/α,β-unsaturated/α-hetero) is 1. The van der Waals surface area contributed by atoms with Gasteiger partial charge in [-0.1, -0.05) is 31.2 Å². The summed E-state index contributed by atoms with van der Waals surface area (Å²) in [5.41, 5.74) is 1.24. The van der Waals surface area contributed by atoms with E-state index in [0.717, 1.165) is 12.0 Å². The van der Waals surface area contributed by atoms with Gasteiger partial charge in [0, 0.05) is 12.0 Å². The molecule has 0 amide bonds. The summed E-state index contributed by atoms with van der Waals surface area (Å²) in [5, 5.41) is 0. The molecule has 1 aromatic carbocycles. The van der Waals surface area contributed by atoms with E-state index in [1.165, 1.54) is 12.1 Å². The molecule has 0 radical (unpaired) electrons. The van der Waals surface area contributed by atoms with E-state index in [9.17, 15) is 9.18 Å². The Morgan fingerprint density at radius 1 is 1.53 bits per heavy atom. The molecule has 0 aliphatic heterocycles. The third-order valence-electron chi connectivity index (χ3n) is 2.16. The van der Waals surface area contributed by atoms with Gasteiger partial charge in [0.25, 0.3) is 0 Å². The summed E-state index contributed by atoms with van der Waals surface area (Å²) < 4.78 is 13.4. The van der Waals surface area contributed by atoms with Crippen LogP contribution in [0.3, 0.4) is 0 Å². The summed E-state index contributed by atoms with van der Waals surface area (Å²) in [5.74, 6) is -0.517.